The van der Waals surface area contributed by atoms with Crippen LogP contribution in [0.2, 0.25) is 0 Å². The molecule has 0 atom stereocenters. The van der Waals surface area contributed by atoms with E-state index < -0.39 is 11.4 Å². The molecular weight excluding hydrogens is 2440 g/mol. The standard InChI is InChI=1S/C19H25NO4.C19H25NO3.C19H23NO3.C17H21NO2.C15H18O3.C12H15NO.C8H12O3.6CH4.I2.3HI.V/c1-17(2)13-22-16(20-17)14-3-5-15(6-4-14)18(21)7-9-19(10-8-18)23-11-12-24-19;2*1-18(2)13-21-17(20-18)16-5-3-14(4-6-16)15-7-9-19(10-8-15)22-11-12-23-19;1-17(2)11-20-16(18-17)14-5-3-12(4-6-14)13-7-9-15(19)10-8-13;1-2-18-15(17)13-5-3-11(4-6-13)12-7-9-14(16)10-8-12;1-9-4-6-10(7-5-9)11-13-12(2,3)8-14-11;9-7-1-3-8(4-2-7)10-5-6-11-8;;;;;;;1-2;;;;/h3-6,21H,7-13H2,1-2H3;3-6,15H,7-13H2,1-2H3;3-7H,8-13H2,1-2H3;3-6,13H,7-11H2,1-2H3;3-6,12H,2,7-10H2,1H3;4-7H,8H2,1-3H3;1-6H2;6*1H4;;3*1H;/q;;;;;;;;;;;;;;;;;+3/p-3. The second kappa shape index (κ2) is 57.6. The van der Waals surface area contributed by atoms with Crippen molar-refractivity contribution in [3.8, 4) is 0 Å². The number of aliphatic hydroxyl groups is 1. The van der Waals surface area contributed by atoms with Gasteiger partial charge in [0.25, 0.3) is 0 Å². The van der Waals surface area contributed by atoms with Gasteiger partial charge in [-0.2, -0.15) is 0 Å². The van der Waals surface area contributed by atoms with Crippen molar-refractivity contribution in [2.75, 3.05) is 92.5 Å². The quantitative estimate of drug-likeness (QED) is 0.0880. The van der Waals surface area contributed by atoms with Gasteiger partial charge in [-0.25, -0.2) is 29.8 Å². The van der Waals surface area contributed by atoms with Gasteiger partial charge in [-0.05, 0) is 265 Å². The topological polar surface area (TPSA) is 280 Å². The number of aryl methyl sites for hydroxylation is 1. The second-order valence-corrected chi connectivity index (χ2v) is 76.6. The minimum atomic E-state index is -0.809. The molecule has 5 saturated carbocycles. The van der Waals surface area contributed by atoms with E-state index >= 15 is 0 Å². The molecule has 0 radical (unpaired) electrons. The maximum absolute atomic E-state index is 11.5. The summed E-state index contributed by atoms with van der Waals surface area (Å²) >= 11 is 11.6. The first-order chi connectivity index (χ1) is 66.4. The summed E-state index contributed by atoms with van der Waals surface area (Å²) in [4.78, 5) is 67.6. The Morgan fingerprint density at radius 2 is 0.614 bits per heavy atom. The summed E-state index contributed by atoms with van der Waals surface area (Å²) in [5.41, 5.74) is 13.2. The van der Waals surface area contributed by atoms with Crippen LogP contribution in [0.5, 0.6) is 0 Å². The number of ether oxygens (including phenoxy) is 14. The van der Waals surface area contributed by atoms with Gasteiger partial charge in [-0.1, -0.05) is 129 Å². The summed E-state index contributed by atoms with van der Waals surface area (Å²) in [5, 5.41) is 11.1. The van der Waals surface area contributed by atoms with Gasteiger partial charge in [0, 0.05) is 155 Å². The number of hydrogen-bond acceptors (Lipinski definition) is 24. The van der Waals surface area contributed by atoms with Gasteiger partial charge in [0.2, 0.25) is 29.5 Å². The fraction of sp³-hybridized carbons (Fsp3) is 0.591. The average Bonchev–Trinajstić information content (AvgIpc) is 1.68. The van der Waals surface area contributed by atoms with Crippen molar-refractivity contribution in [1.82, 2.24) is 0 Å². The van der Waals surface area contributed by atoms with E-state index in [0.717, 1.165) is 193 Å². The van der Waals surface area contributed by atoms with E-state index in [1.54, 1.807) is 6.92 Å². The van der Waals surface area contributed by atoms with E-state index in [1.807, 2.05) is 48.5 Å². The molecular formula is C115H163I5N5O19V. The van der Waals surface area contributed by atoms with Crippen LogP contribution < -0.4 is 0 Å². The molecule has 9 fully saturated rings. The van der Waals surface area contributed by atoms with E-state index in [9.17, 15) is 24.3 Å². The molecule has 802 valence electrons. The summed E-state index contributed by atoms with van der Waals surface area (Å²) in [6.07, 6.45) is 21.5. The van der Waals surface area contributed by atoms with E-state index in [0.29, 0.717) is 151 Å². The van der Waals surface area contributed by atoms with Gasteiger partial charge in [-0.3, -0.25) is 14.4 Å². The third kappa shape index (κ3) is 37.0. The molecule has 4 spiro atoms. The van der Waals surface area contributed by atoms with Crippen molar-refractivity contribution in [2.24, 2.45) is 25.0 Å². The van der Waals surface area contributed by atoms with Crippen molar-refractivity contribution in [3.63, 3.8) is 0 Å². The van der Waals surface area contributed by atoms with E-state index in [2.05, 4.69) is 301 Å². The van der Waals surface area contributed by atoms with Gasteiger partial charge in [0.15, 0.2) is 23.1 Å². The number of esters is 1. The Kier molecular flexibility index (Phi) is 50.3. The summed E-state index contributed by atoms with van der Waals surface area (Å²) in [6.45, 7) is 33.9. The van der Waals surface area contributed by atoms with Gasteiger partial charge >= 0.3 is 70.8 Å². The molecule has 1 N–H and O–H groups in total. The zero-order valence-electron chi connectivity index (χ0n) is 82.7. The molecule has 9 aliphatic heterocycles. The number of ketones is 3. The van der Waals surface area contributed by atoms with Crippen LogP contribution in [0.25, 0.3) is 5.57 Å². The summed E-state index contributed by atoms with van der Waals surface area (Å²) in [6, 6.07) is 49.5. The first-order valence-corrected chi connectivity index (χ1v) is 69.1. The molecule has 15 aliphatic rings. The van der Waals surface area contributed by atoms with E-state index in [-0.39, 0.29) is 101 Å². The summed E-state index contributed by atoms with van der Waals surface area (Å²) in [7, 11) is 0. The van der Waals surface area contributed by atoms with E-state index in [1.165, 1.54) is 33.4 Å². The second-order valence-electron chi connectivity index (χ2n) is 41.2. The van der Waals surface area contributed by atoms with Crippen molar-refractivity contribution in [2.45, 2.75) is 350 Å². The number of carbonyl (C=O) groups excluding carboxylic acids is 4. The number of allylic oxidation sites excluding steroid dienone is 1. The van der Waals surface area contributed by atoms with Gasteiger partial charge in [0.1, 0.15) is 50.4 Å². The Morgan fingerprint density at radius 3 is 0.917 bits per heavy atom. The molecule has 6 aromatic rings. The molecule has 0 unspecified atom stereocenters. The monoisotopic (exact) mass is 2600 g/mol. The van der Waals surface area contributed by atoms with Crippen molar-refractivity contribution < 1.29 is 95.5 Å². The number of hydrogen-bond donors (Lipinski definition) is 1. The van der Waals surface area contributed by atoms with Crippen LogP contribution in [0, 0.1) is 6.92 Å². The fourth-order valence-corrected chi connectivity index (χ4v) is 19.4. The first kappa shape index (κ1) is 127. The van der Waals surface area contributed by atoms with Crippen LogP contribution in [0.15, 0.2) is 177 Å². The number of aliphatic imine (C=N–C) groups is 5. The fourth-order valence-electron chi connectivity index (χ4n) is 19.4. The summed E-state index contributed by atoms with van der Waals surface area (Å²) in [5.74, 6) is 4.75. The Balaban J connectivity index is 0.000000228. The van der Waals surface area contributed by atoms with Crippen LogP contribution in [-0.4, -0.2) is 201 Å². The number of nitrogens with zero attached hydrogens (tertiary/aromatic N) is 5. The zero-order chi connectivity index (χ0) is 99.3. The third-order valence-electron chi connectivity index (χ3n) is 27.4. The third-order valence-corrected chi connectivity index (χ3v) is 27.4. The Bertz CT molecular complexity index is 5220. The summed E-state index contributed by atoms with van der Waals surface area (Å²) < 4.78 is 78.8. The number of carbonyl (C=O) groups is 4. The van der Waals surface area contributed by atoms with Crippen LogP contribution in [0.3, 0.4) is 0 Å². The van der Waals surface area contributed by atoms with Crippen molar-refractivity contribution in [3.05, 3.63) is 218 Å². The van der Waals surface area contributed by atoms with Gasteiger partial charge < -0.3 is 71.4 Å². The van der Waals surface area contributed by atoms with Gasteiger partial charge in [-0.15, -0.1) is 0 Å². The molecule has 145 heavy (non-hydrogen) atoms. The molecule has 21 rings (SSSR count). The van der Waals surface area contributed by atoms with Crippen molar-refractivity contribution in [1.29, 1.82) is 0 Å². The van der Waals surface area contributed by atoms with Crippen LogP contribution >= 0.6 is 97.2 Å². The number of halogens is 5. The molecule has 0 aromatic heterocycles. The Labute approximate surface area is 927 Å². The van der Waals surface area contributed by atoms with Crippen LogP contribution in [-0.2, 0) is 91.2 Å². The SMILES string of the molecule is C.C.C.C.C.C.CC1(C)COC(c2ccc(C3(O)CCC4(CC3)OCCO4)cc2)=N1.CC1(C)COC(c2ccc(C3=CCC4(CC3)OCCO4)cc2)=N1.CC1(C)COC(c2ccc(C3CCC(=O)CC3)cc2)=N1.CC1(C)COC(c2ccc(C3CCC4(CC3)OCCO4)cc2)=N1.CCOC(=O)c1ccc(C2CCC(=O)CC2)cc1.Cc1ccc(C2=NC(C)(C)CO2)cc1.II.O=C1CCC2(CC1)OCCO2.[I][V]([I])[I]. The first-order valence-electron chi connectivity index (χ1n) is 49.3. The number of benzene rings is 6. The molecule has 6 aromatic carbocycles. The minimum absolute atomic E-state index is 0. The number of Topliss-reactive ketones (excluding diaryl/α,β-unsaturated/α-hetero) is 3. The Hall–Kier alpha value is -5.24. The van der Waals surface area contributed by atoms with Crippen LogP contribution in [0.4, 0.5) is 0 Å². The predicted molar refractivity (Wildman–Crippen MR) is 623 cm³/mol. The normalized spacial score (nSPS) is 22.5. The molecule has 4 saturated heterocycles. The molecule has 6 aliphatic carbocycles. The molecule has 24 nitrogen and oxygen atoms in total. The maximum atomic E-state index is 11.5. The van der Waals surface area contributed by atoms with Crippen LogP contribution in [0.1, 0.15) is 358 Å². The van der Waals surface area contributed by atoms with E-state index in [4.69, 9.17) is 66.3 Å². The average molecular weight is 2610 g/mol. The molecule has 0 bridgehead atoms. The molecule has 9 heterocycles. The Morgan fingerprint density at radius 1 is 0.352 bits per heavy atom. The zero-order valence-corrected chi connectivity index (χ0v) is 94.9. The molecule has 0 amide bonds. The molecule has 30 heteroatoms. The van der Waals surface area contributed by atoms with Crippen molar-refractivity contribution >= 4 is 156 Å². The predicted octanol–water partition coefficient (Wildman–Crippen LogP) is 28.2. The number of rotatable bonds is 12. The van der Waals surface area contributed by atoms with Gasteiger partial charge in [0.05, 0.1) is 98.3 Å².